The zero-order valence-electron chi connectivity index (χ0n) is 10.6. The maximum atomic E-state index is 12.5. The van der Waals surface area contributed by atoms with Crippen LogP contribution in [0.3, 0.4) is 0 Å². The molecule has 0 N–H and O–H groups in total. The Bertz CT molecular complexity index is 934. The highest BCUT2D eigenvalue weighted by Gasteiger charge is 2.21. The Hall–Kier alpha value is -1.92. The largest absolute Gasteiger partial charge is 0.282 e. The first-order chi connectivity index (χ1) is 9.50. The molecule has 0 radical (unpaired) electrons. The zero-order valence-corrected chi connectivity index (χ0v) is 12.2. The van der Waals surface area contributed by atoms with Crippen molar-refractivity contribution in [3.8, 4) is 0 Å². The van der Waals surface area contributed by atoms with Crippen LogP contribution in [0.5, 0.6) is 0 Å². The molecule has 0 saturated carbocycles. The minimum atomic E-state index is -3.83. The summed E-state index contributed by atoms with van der Waals surface area (Å²) in [6, 6.07) is 13.3. The summed E-state index contributed by atoms with van der Waals surface area (Å²) < 4.78 is 26.5. The number of nitrogens with zero attached hydrogens (tertiary/aromatic N) is 1. The van der Waals surface area contributed by atoms with E-state index in [-0.39, 0.29) is 4.90 Å². The van der Waals surface area contributed by atoms with Crippen molar-refractivity contribution in [3.63, 3.8) is 0 Å². The van der Waals surface area contributed by atoms with Crippen LogP contribution in [0, 0.1) is 6.92 Å². The van der Waals surface area contributed by atoms with E-state index in [1.54, 1.807) is 36.4 Å². The molecule has 0 atom stereocenters. The van der Waals surface area contributed by atoms with Gasteiger partial charge in [0.15, 0.2) is 0 Å². The Morgan fingerprint density at radius 1 is 1.00 bits per heavy atom. The van der Waals surface area contributed by atoms with Crippen molar-refractivity contribution >= 4 is 31.6 Å². The minimum Gasteiger partial charge on any atom is -0.267 e. The predicted octanol–water partition coefficient (Wildman–Crippen LogP) is 2.61. The lowest BCUT2D eigenvalue weighted by Crippen LogP contribution is -2.22. The van der Waals surface area contributed by atoms with Crippen molar-refractivity contribution in [1.29, 1.82) is 0 Å². The maximum absolute atomic E-state index is 12.5. The van der Waals surface area contributed by atoms with E-state index < -0.39 is 15.6 Å². The molecule has 3 aromatic rings. The van der Waals surface area contributed by atoms with Gasteiger partial charge in [-0.2, -0.15) is 8.42 Å². The van der Waals surface area contributed by atoms with Gasteiger partial charge in [-0.05, 0) is 42.7 Å². The molecule has 0 bridgehead atoms. The van der Waals surface area contributed by atoms with E-state index in [4.69, 9.17) is 0 Å². The van der Waals surface area contributed by atoms with Gasteiger partial charge in [0.1, 0.15) is 0 Å². The van der Waals surface area contributed by atoms with Gasteiger partial charge in [-0.25, -0.2) is 0 Å². The molecule has 20 heavy (non-hydrogen) atoms. The van der Waals surface area contributed by atoms with Crippen molar-refractivity contribution in [2.24, 2.45) is 0 Å². The van der Waals surface area contributed by atoms with Gasteiger partial charge in [-0.1, -0.05) is 29.8 Å². The molecule has 0 amide bonds. The summed E-state index contributed by atoms with van der Waals surface area (Å²) in [5.74, 6) is 0. The second kappa shape index (κ2) is 4.57. The van der Waals surface area contributed by atoms with Crippen LogP contribution in [0.15, 0.2) is 58.2 Å². The molecule has 4 nitrogen and oxygen atoms in total. The Balaban J connectivity index is 2.26. The number of hydrogen-bond acceptors (Lipinski definition) is 4. The molecule has 1 aromatic heterocycles. The van der Waals surface area contributed by atoms with E-state index in [1.165, 1.54) is 12.1 Å². The third-order valence-electron chi connectivity index (χ3n) is 3.00. The summed E-state index contributed by atoms with van der Waals surface area (Å²) in [5, 5.41) is 0.424. The highest BCUT2D eigenvalue weighted by molar-refractivity contribution is 7.91. The van der Waals surface area contributed by atoms with E-state index in [9.17, 15) is 13.2 Å². The van der Waals surface area contributed by atoms with Gasteiger partial charge < -0.3 is 0 Å². The van der Waals surface area contributed by atoms with E-state index in [1.807, 2.05) is 6.92 Å². The maximum Gasteiger partial charge on any atom is 0.282 e. The van der Waals surface area contributed by atoms with Gasteiger partial charge in [0, 0.05) is 0 Å². The number of rotatable bonds is 2. The molecule has 6 heteroatoms. The summed E-state index contributed by atoms with van der Waals surface area (Å²) in [7, 11) is -3.83. The van der Waals surface area contributed by atoms with Crippen LogP contribution in [-0.4, -0.2) is 11.8 Å². The molecular weight excluding hydrogens is 294 g/mol. The number of hydrogen-bond donors (Lipinski definition) is 0. The summed E-state index contributed by atoms with van der Waals surface area (Å²) in [5.41, 5.74) is 0.471. The lowest BCUT2D eigenvalue weighted by molar-refractivity contribution is 0.590. The van der Waals surface area contributed by atoms with Gasteiger partial charge >= 0.3 is 0 Å². The zero-order chi connectivity index (χ0) is 14.3. The second-order valence-corrected chi connectivity index (χ2v) is 7.44. The van der Waals surface area contributed by atoms with Crippen LogP contribution in [0.25, 0.3) is 10.1 Å². The molecule has 0 saturated heterocycles. The third-order valence-corrected chi connectivity index (χ3v) is 6.17. The first kappa shape index (κ1) is 13.1. The van der Waals surface area contributed by atoms with Gasteiger partial charge in [-0.15, -0.1) is 3.36 Å². The van der Waals surface area contributed by atoms with Gasteiger partial charge in [0.2, 0.25) is 0 Å². The third kappa shape index (κ3) is 1.97. The average molecular weight is 305 g/mol. The van der Waals surface area contributed by atoms with Crippen LogP contribution in [0.2, 0.25) is 0 Å². The van der Waals surface area contributed by atoms with Crippen molar-refractivity contribution in [2.75, 3.05) is 0 Å². The summed E-state index contributed by atoms with van der Waals surface area (Å²) in [6.07, 6.45) is 0. The van der Waals surface area contributed by atoms with Crippen molar-refractivity contribution in [1.82, 2.24) is 3.36 Å². The average Bonchev–Trinajstić information content (AvgIpc) is 2.78. The van der Waals surface area contributed by atoms with Crippen molar-refractivity contribution in [2.45, 2.75) is 11.8 Å². The van der Waals surface area contributed by atoms with Crippen molar-refractivity contribution in [3.05, 3.63) is 64.4 Å². The Morgan fingerprint density at radius 2 is 1.65 bits per heavy atom. The molecule has 0 aliphatic carbocycles. The molecule has 0 spiro atoms. The highest BCUT2D eigenvalue weighted by atomic mass is 32.3. The smallest absolute Gasteiger partial charge is 0.267 e. The normalized spacial score (nSPS) is 11.8. The number of aromatic nitrogens is 1. The molecule has 0 aliphatic rings. The molecule has 0 unspecified atom stereocenters. The fourth-order valence-electron chi connectivity index (χ4n) is 1.92. The molecule has 0 fully saturated rings. The Kier molecular flexibility index (Phi) is 2.99. The van der Waals surface area contributed by atoms with Gasteiger partial charge in [-0.3, -0.25) is 4.79 Å². The fourth-order valence-corrected chi connectivity index (χ4v) is 4.55. The van der Waals surface area contributed by atoms with Crippen molar-refractivity contribution < 1.29 is 8.42 Å². The van der Waals surface area contributed by atoms with Crippen LogP contribution in [0.1, 0.15) is 5.56 Å². The van der Waals surface area contributed by atoms with Crippen LogP contribution >= 0.6 is 11.5 Å². The number of aryl methyl sites for hydroxylation is 1. The predicted molar refractivity (Wildman–Crippen MR) is 79.8 cm³/mol. The topological polar surface area (TPSA) is 56.1 Å². The summed E-state index contributed by atoms with van der Waals surface area (Å²) in [6.45, 7) is 1.88. The molecule has 0 aliphatic heterocycles. The minimum absolute atomic E-state index is 0.122. The monoisotopic (exact) mass is 305 g/mol. The lowest BCUT2D eigenvalue weighted by atomic mass is 10.2. The van der Waals surface area contributed by atoms with Gasteiger partial charge in [0.05, 0.1) is 15.0 Å². The Labute approximate surface area is 120 Å². The summed E-state index contributed by atoms with van der Waals surface area (Å²) >= 11 is 0.946. The molecule has 2 aromatic carbocycles. The quantitative estimate of drug-likeness (QED) is 0.731. The first-order valence-corrected chi connectivity index (χ1v) is 8.15. The van der Waals surface area contributed by atoms with E-state index in [0.29, 0.717) is 10.1 Å². The van der Waals surface area contributed by atoms with E-state index in [2.05, 4.69) is 0 Å². The SMILES string of the molecule is Cc1ccc(S(=O)(=O)n2sc3ccccc3c2=O)cc1. The van der Waals surface area contributed by atoms with Crippen LogP contribution in [0.4, 0.5) is 0 Å². The fraction of sp³-hybridized carbons (Fsp3) is 0.0714. The molecule has 1 heterocycles. The van der Waals surface area contributed by atoms with Gasteiger partial charge in [0.25, 0.3) is 15.6 Å². The first-order valence-electron chi connectivity index (χ1n) is 5.93. The molecular formula is C14H11NO3S2. The number of fused-ring (bicyclic) bond motifs is 1. The number of benzene rings is 2. The van der Waals surface area contributed by atoms with Crippen LogP contribution in [-0.2, 0) is 10.0 Å². The van der Waals surface area contributed by atoms with E-state index >= 15 is 0 Å². The molecule has 3 rings (SSSR count). The second-order valence-electron chi connectivity index (χ2n) is 4.44. The van der Waals surface area contributed by atoms with E-state index in [0.717, 1.165) is 20.5 Å². The standard InChI is InChI=1S/C14H11NO3S2/c1-10-6-8-11(9-7-10)20(17,18)15-14(16)12-4-2-3-5-13(12)19-15/h2-9H,1H3. The van der Waals surface area contributed by atoms with Crippen LogP contribution < -0.4 is 5.56 Å². The Morgan fingerprint density at radius 3 is 2.30 bits per heavy atom. The highest BCUT2D eigenvalue weighted by Crippen LogP contribution is 2.21. The lowest BCUT2D eigenvalue weighted by Gasteiger charge is -2.03. The molecule has 102 valence electrons. The summed E-state index contributed by atoms with van der Waals surface area (Å²) in [4.78, 5) is 12.3.